The normalized spacial score (nSPS) is 10.3. The monoisotopic (exact) mass is 458 g/mol. The first-order valence-corrected chi connectivity index (χ1v) is 10.4. The number of hydrogen-bond acceptors (Lipinski definition) is 4. The van der Waals surface area contributed by atoms with Crippen molar-refractivity contribution in [3.05, 3.63) is 81.0 Å². The van der Waals surface area contributed by atoms with E-state index in [-0.39, 0.29) is 18.4 Å². The van der Waals surface area contributed by atoms with Crippen molar-refractivity contribution in [1.82, 2.24) is 5.32 Å². The average molecular weight is 459 g/mol. The van der Waals surface area contributed by atoms with Gasteiger partial charge in [0.25, 0.3) is 11.8 Å². The Labute approximate surface area is 175 Å². The van der Waals surface area contributed by atoms with Crippen LogP contribution >= 0.6 is 27.3 Å². The van der Waals surface area contributed by atoms with Gasteiger partial charge in [-0.15, -0.1) is 0 Å². The Bertz CT molecular complexity index is 927. The largest absolute Gasteiger partial charge is 0.483 e. The lowest BCUT2D eigenvalue weighted by molar-refractivity contribution is -0.118. The van der Waals surface area contributed by atoms with Crippen LogP contribution in [0, 0.1) is 0 Å². The number of amides is 2. The predicted octanol–water partition coefficient (Wildman–Crippen LogP) is 4.50. The van der Waals surface area contributed by atoms with Crippen LogP contribution in [0.5, 0.6) is 5.75 Å². The fraction of sp³-hybridized carbons (Fsp3) is 0.143. The number of benzene rings is 2. The Morgan fingerprint density at radius 1 is 1.04 bits per heavy atom. The smallest absolute Gasteiger partial charge is 0.262 e. The number of hydrogen-bond donors (Lipinski definition) is 2. The van der Waals surface area contributed by atoms with Gasteiger partial charge in [-0.25, -0.2) is 0 Å². The van der Waals surface area contributed by atoms with Crippen LogP contribution in [0.3, 0.4) is 0 Å². The molecule has 7 heteroatoms. The molecule has 2 N–H and O–H groups in total. The predicted molar refractivity (Wildman–Crippen MR) is 115 cm³/mol. The summed E-state index contributed by atoms with van der Waals surface area (Å²) >= 11 is 4.98. The maximum Gasteiger partial charge on any atom is 0.262 e. The molecule has 0 aliphatic rings. The molecule has 144 valence electrons. The molecule has 0 bridgehead atoms. The van der Waals surface area contributed by atoms with Crippen LogP contribution < -0.4 is 15.4 Å². The van der Waals surface area contributed by atoms with Gasteiger partial charge in [-0.2, -0.15) is 11.3 Å². The number of nitrogens with one attached hydrogen (secondary N) is 2. The topological polar surface area (TPSA) is 67.4 Å². The maximum atomic E-state index is 12.5. The molecule has 28 heavy (non-hydrogen) atoms. The molecule has 2 aromatic carbocycles. The van der Waals surface area contributed by atoms with Gasteiger partial charge in [0.15, 0.2) is 6.61 Å². The minimum atomic E-state index is -0.296. The van der Waals surface area contributed by atoms with Gasteiger partial charge in [0, 0.05) is 16.7 Å². The molecule has 3 aromatic rings. The third kappa shape index (κ3) is 5.94. The third-order valence-corrected chi connectivity index (χ3v) is 5.16. The number of thiophene rings is 1. The summed E-state index contributed by atoms with van der Waals surface area (Å²) in [7, 11) is 0. The summed E-state index contributed by atoms with van der Waals surface area (Å²) in [5.41, 5.74) is 2.28. The Morgan fingerprint density at radius 2 is 1.82 bits per heavy atom. The van der Waals surface area contributed by atoms with E-state index in [0.717, 1.165) is 10.9 Å². The van der Waals surface area contributed by atoms with Crippen molar-refractivity contribution < 1.29 is 14.3 Å². The van der Waals surface area contributed by atoms with Crippen molar-refractivity contribution in [3.63, 3.8) is 0 Å². The lowest BCUT2D eigenvalue weighted by Crippen LogP contribution is -2.27. The molecule has 0 unspecified atom stereocenters. The number of carbonyl (C=O) groups excluding carboxylic acids is 2. The number of ether oxygens (including phenoxy) is 1. The zero-order valence-corrected chi connectivity index (χ0v) is 17.4. The average Bonchev–Trinajstić information content (AvgIpc) is 3.22. The molecule has 0 fully saturated rings. The summed E-state index contributed by atoms with van der Waals surface area (Å²) in [4.78, 5) is 24.6. The Hall–Kier alpha value is -2.64. The van der Waals surface area contributed by atoms with Crippen LogP contribution in [0.25, 0.3) is 0 Å². The van der Waals surface area contributed by atoms with Gasteiger partial charge in [-0.1, -0.05) is 28.1 Å². The number of rotatable bonds is 8. The van der Waals surface area contributed by atoms with E-state index in [0.29, 0.717) is 23.5 Å². The number of carbonyl (C=O) groups is 2. The van der Waals surface area contributed by atoms with E-state index in [1.54, 1.807) is 47.7 Å². The molecule has 0 aliphatic heterocycles. The van der Waals surface area contributed by atoms with Crippen LogP contribution in [-0.4, -0.2) is 25.0 Å². The second kappa shape index (κ2) is 10.1. The van der Waals surface area contributed by atoms with Crippen molar-refractivity contribution in [2.75, 3.05) is 18.5 Å². The molecule has 5 nitrogen and oxygen atoms in total. The SMILES string of the molecule is O=C(COc1ccccc1C(=O)NCCc1ccsc1)Nc1ccc(Br)cc1. The molecular formula is C21H19BrN2O3S. The molecule has 0 saturated carbocycles. The molecule has 3 rings (SSSR count). The molecular weight excluding hydrogens is 440 g/mol. The highest BCUT2D eigenvalue weighted by Crippen LogP contribution is 2.18. The molecule has 0 saturated heterocycles. The Balaban J connectivity index is 1.53. The Kier molecular flexibility index (Phi) is 7.22. The summed E-state index contributed by atoms with van der Waals surface area (Å²) in [6, 6.07) is 16.2. The molecule has 0 radical (unpaired) electrons. The minimum absolute atomic E-state index is 0.185. The first-order valence-electron chi connectivity index (χ1n) is 8.68. The lowest BCUT2D eigenvalue weighted by Gasteiger charge is -2.12. The van der Waals surface area contributed by atoms with E-state index in [9.17, 15) is 9.59 Å². The van der Waals surface area contributed by atoms with Crippen LogP contribution in [0.1, 0.15) is 15.9 Å². The van der Waals surface area contributed by atoms with Crippen LogP contribution in [0.15, 0.2) is 69.8 Å². The standard InChI is InChI=1S/C21H19BrN2O3S/c22-16-5-7-17(8-6-16)24-20(25)13-27-19-4-2-1-3-18(19)21(26)23-11-9-15-10-12-28-14-15/h1-8,10,12,14H,9,11,13H2,(H,23,26)(H,24,25). The van der Waals surface area contributed by atoms with Crippen molar-refractivity contribution >= 4 is 44.8 Å². The zero-order chi connectivity index (χ0) is 19.8. The number of para-hydroxylation sites is 1. The molecule has 1 aromatic heterocycles. The summed E-state index contributed by atoms with van der Waals surface area (Å²) in [5.74, 6) is -0.143. The molecule has 0 aliphatic carbocycles. The van der Waals surface area contributed by atoms with Crippen LogP contribution in [0.4, 0.5) is 5.69 Å². The molecule has 0 atom stereocenters. The second-order valence-corrected chi connectivity index (χ2v) is 7.67. The van der Waals surface area contributed by atoms with E-state index in [1.807, 2.05) is 23.6 Å². The van der Waals surface area contributed by atoms with E-state index >= 15 is 0 Å². The van der Waals surface area contributed by atoms with Crippen LogP contribution in [0.2, 0.25) is 0 Å². The number of anilines is 1. The summed E-state index contributed by atoms with van der Waals surface area (Å²) in [5, 5.41) is 9.72. The summed E-state index contributed by atoms with van der Waals surface area (Å²) in [6.07, 6.45) is 0.772. The quantitative estimate of drug-likeness (QED) is 0.521. The fourth-order valence-corrected chi connectivity index (χ4v) is 3.47. The van der Waals surface area contributed by atoms with Crippen LogP contribution in [-0.2, 0) is 11.2 Å². The third-order valence-electron chi connectivity index (χ3n) is 3.90. The Morgan fingerprint density at radius 3 is 2.57 bits per heavy atom. The lowest BCUT2D eigenvalue weighted by atomic mass is 10.2. The van der Waals surface area contributed by atoms with Gasteiger partial charge >= 0.3 is 0 Å². The number of halogens is 1. The van der Waals surface area contributed by atoms with Gasteiger partial charge < -0.3 is 15.4 Å². The van der Waals surface area contributed by atoms with Gasteiger partial charge in [0.05, 0.1) is 5.56 Å². The van der Waals surface area contributed by atoms with E-state index < -0.39 is 0 Å². The van der Waals surface area contributed by atoms with Gasteiger partial charge in [-0.3, -0.25) is 9.59 Å². The fourth-order valence-electron chi connectivity index (χ4n) is 2.50. The first-order chi connectivity index (χ1) is 13.6. The minimum Gasteiger partial charge on any atom is -0.483 e. The van der Waals surface area contributed by atoms with Crippen molar-refractivity contribution in [1.29, 1.82) is 0 Å². The molecule has 1 heterocycles. The van der Waals surface area contributed by atoms with Crippen molar-refractivity contribution in [3.8, 4) is 5.75 Å². The molecule has 2 amide bonds. The van der Waals surface area contributed by atoms with Gasteiger partial charge in [-0.05, 0) is 65.2 Å². The van der Waals surface area contributed by atoms with E-state index in [2.05, 4.69) is 31.9 Å². The van der Waals surface area contributed by atoms with E-state index in [4.69, 9.17) is 4.74 Å². The van der Waals surface area contributed by atoms with Gasteiger partial charge in [0.2, 0.25) is 0 Å². The zero-order valence-electron chi connectivity index (χ0n) is 15.0. The first kappa shape index (κ1) is 20.1. The van der Waals surface area contributed by atoms with Gasteiger partial charge in [0.1, 0.15) is 5.75 Å². The highest BCUT2D eigenvalue weighted by atomic mass is 79.9. The maximum absolute atomic E-state index is 12.5. The molecule has 0 spiro atoms. The van der Waals surface area contributed by atoms with E-state index in [1.165, 1.54) is 5.56 Å². The van der Waals surface area contributed by atoms with Crippen molar-refractivity contribution in [2.45, 2.75) is 6.42 Å². The van der Waals surface area contributed by atoms with Crippen molar-refractivity contribution in [2.24, 2.45) is 0 Å². The highest BCUT2D eigenvalue weighted by Gasteiger charge is 2.13. The highest BCUT2D eigenvalue weighted by molar-refractivity contribution is 9.10. The summed E-state index contributed by atoms with van der Waals surface area (Å²) < 4.78 is 6.52. The summed E-state index contributed by atoms with van der Waals surface area (Å²) in [6.45, 7) is 0.350. The second-order valence-electron chi connectivity index (χ2n) is 5.98.